The summed E-state index contributed by atoms with van der Waals surface area (Å²) >= 11 is 0. The molecule has 0 aliphatic carbocycles. The Balaban J connectivity index is 1.96. The molecule has 22 heavy (non-hydrogen) atoms. The highest BCUT2D eigenvalue weighted by Gasteiger charge is 2.10. The van der Waals surface area contributed by atoms with Crippen molar-refractivity contribution in [3.8, 4) is 0 Å². The number of hydrogen-bond acceptors (Lipinski definition) is 4. The van der Waals surface area contributed by atoms with Gasteiger partial charge < -0.3 is 10.4 Å². The van der Waals surface area contributed by atoms with Crippen LogP contribution in [0, 0.1) is 0 Å². The Morgan fingerprint density at radius 1 is 1.09 bits per heavy atom. The third-order valence-corrected chi connectivity index (χ3v) is 3.20. The monoisotopic (exact) mass is 299 g/mol. The summed E-state index contributed by atoms with van der Waals surface area (Å²) in [6.07, 6.45) is 2.22. The van der Waals surface area contributed by atoms with E-state index in [-0.39, 0.29) is 11.4 Å². The second-order valence-corrected chi connectivity index (χ2v) is 5.17. The fourth-order valence-corrected chi connectivity index (χ4v) is 1.85. The molecular formula is C16H17N3O3. The molecule has 6 nitrogen and oxygen atoms in total. The van der Waals surface area contributed by atoms with Gasteiger partial charge in [-0.05, 0) is 17.0 Å². The number of nitrogens with one attached hydrogen (secondary N) is 1. The number of carbonyl (C=O) groups excluding carboxylic acids is 1. The van der Waals surface area contributed by atoms with Gasteiger partial charge in [0.05, 0.1) is 12.4 Å². The maximum Gasteiger partial charge on any atom is 0.356 e. The lowest BCUT2D eigenvalue weighted by atomic mass is 10.0. The molecule has 0 spiro atoms. The molecule has 0 unspecified atom stereocenters. The molecule has 0 bridgehead atoms. The van der Waals surface area contributed by atoms with Crippen LogP contribution >= 0.6 is 0 Å². The first-order chi connectivity index (χ1) is 10.5. The molecule has 2 N–H and O–H groups in total. The van der Waals surface area contributed by atoms with Gasteiger partial charge in [0.15, 0.2) is 5.69 Å². The Kier molecular flexibility index (Phi) is 4.83. The normalized spacial score (nSPS) is 10.5. The lowest BCUT2D eigenvalue weighted by molar-refractivity contribution is 0.0689. The summed E-state index contributed by atoms with van der Waals surface area (Å²) in [6.45, 7) is 4.62. The number of nitrogens with zero attached hydrogens (tertiary/aromatic N) is 2. The van der Waals surface area contributed by atoms with Crippen molar-refractivity contribution in [3.63, 3.8) is 0 Å². The molecule has 1 amide bonds. The van der Waals surface area contributed by atoms with E-state index >= 15 is 0 Å². The topological polar surface area (TPSA) is 92.2 Å². The second kappa shape index (κ2) is 6.80. The Morgan fingerprint density at radius 2 is 1.68 bits per heavy atom. The van der Waals surface area contributed by atoms with Gasteiger partial charge in [-0.1, -0.05) is 38.1 Å². The number of carboxylic acids is 1. The van der Waals surface area contributed by atoms with Gasteiger partial charge >= 0.3 is 5.97 Å². The molecular weight excluding hydrogens is 282 g/mol. The zero-order valence-electron chi connectivity index (χ0n) is 12.4. The van der Waals surface area contributed by atoms with E-state index in [0.29, 0.717) is 12.5 Å². The molecule has 0 radical (unpaired) electrons. The lowest BCUT2D eigenvalue weighted by Gasteiger charge is -2.08. The van der Waals surface area contributed by atoms with Crippen molar-refractivity contribution >= 4 is 11.9 Å². The first-order valence-corrected chi connectivity index (χ1v) is 6.89. The molecule has 6 heteroatoms. The Labute approximate surface area is 128 Å². The van der Waals surface area contributed by atoms with Crippen LogP contribution in [0.1, 0.15) is 51.9 Å². The highest BCUT2D eigenvalue weighted by molar-refractivity contribution is 5.92. The molecule has 1 aromatic carbocycles. The van der Waals surface area contributed by atoms with E-state index in [9.17, 15) is 9.59 Å². The van der Waals surface area contributed by atoms with Crippen LogP contribution in [0.2, 0.25) is 0 Å². The van der Waals surface area contributed by atoms with Gasteiger partial charge in [-0.2, -0.15) is 0 Å². The van der Waals surface area contributed by atoms with E-state index in [4.69, 9.17) is 5.11 Å². The molecule has 114 valence electrons. The van der Waals surface area contributed by atoms with E-state index in [0.717, 1.165) is 18.0 Å². The fourth-order valence-electron chi connectivity index (χ4n) is 1.85. The van der Waals surface area contributed by atoms with Crippen LogP contribution in [-0.4, -0.2) is 27.0 Å². The summed E-state index contributed by atoms with van der Waals surface area (Å²) in [5.41, 5.74) is 2.11. The number of amides is 1. The molecule has 1 heterocycles. The summed E-state index contributed by atoms with van der Waals surface area (Å²) in [5.74, 6) is -1.10. The quantitative estimate of drug-likeness (QED) is 0.883. The third kappa shape index (κ3) is 3.88. The maximum absolute atomic E-state index is 11.9. The summed E-state index contributed by atoms with van der Waals surface area (Å²) in [4.78, 5) is 30.0. The molecule has 0 aliphatic rings. The van der Waals surface area contributed by atoms with Crippen LogP contribution in [0.5, 0.6) is 0 Å². The Morgan fingerprint density at radius 3 is 2.18 bits per heavy atom. The van der Waals surface area contributed by atoms with E-state index < -0.39 is 11.9 Å². The molecule has 2 rings (SSSR count). The molecule has 0 saturated heterocycles. The highest BCUT2D eigenvalue weighted by Crippen LogP contribution is 2.14. The molecule has 0 atom stereocenters. The number of hydrogen-bond donors (Lipinski definition) is 2. The smallest absolute Gasteiger partial charge is 0.356 e. The number of aromatic nitrogens is 2. The van der Waals surface area contributed by atoms with E-state index in [1.54, 1.807) is 0 Å². The predicted octanol–water partition coefficient (Wildman–Crippen LogP) is 2.23. The van der Waals surface area contributed by atoms with Crippen LogP contribution in [0.3, 0.4) is 0 Å². The predicted molar refractivity (Wildman–Crippen MR) is 80.7 cm³/mol. The van der Waals surface area contributed by atoms with Gasteiger partial charge in [0.25, 0.3) is 5.91 Å². The number of aromatic carboxylic acids is 1. The van der Waals surface area contributed by atoms with Gasteiger partial charge in [0, 0.05) is 6.54 Å². The second-order valence-electron chi connectivity index (χ2n) is 5.17. The summed E-state index contributed by atoms with van der Waals surface area (Å²) in [7, 11) is 0. The average molecular weight is 299 g/mol. The van der Waals surface area contributed by atoms with Crippen molar-refractivity contribution in [2.24, 2.45) is 0 Å². The van der Waals surface area contributed by atoms with E-state index in [2.05, 4.69) is 29.1 Å². The van der Waals surface area contributed by atoms with Crippen LogP contribution in [-0.2, 0) is 6.54 Å². The first kappa shape index (κ1) is 15.6. The van der Waals surface area contributed by atoms with Crippen molar-refractivity contribution in [3.05, 3.63) is 59.2 Å². The van der Waals surface area contributed by atoms with Gasteiger partial charge in [-0.3, -0.25) is 4.79 Å². The van der Waals surface area contributed by atoms with Gasteiger partial charge in [0.1, 0.15) is 5.69 Å². The minimum absolute atomic E-state index is 0.0869. The molecule has 2 aromatic rings. The van der Waals surface area contributed by atoms with Crippen molar-refractivity contribution in [1.82, 2.24) is 15.3 Å². The van der Waals surface area contributed by atoms with Gasteiger partial charge in [0.2, 0.25) is 0 Å². The Bertz CT molecular complexity index is 664. The standard InChI is InChI=1S/C16H17N3O3/c1-10(2)12-5-3-11(4-6-12)7-19-15(20)13-8-18-14(9-17-13)16(21)22/h3-6,8-10H,7H2,1-2H3,(H,19,20)(H,21,22). The number of rotatable bonds is 5. The summed E-state index contributed by atoms with van der Waals surface area (Å²) in [5, 5.41) is 11.4. The third-order valence-electron chi connectivity index (χ3n) is 3.20. The van der Waals surface area contributed by atoms with Crippen molar-refractivity contribution in [2.75, 3.05) is 0 Å². The number of carbonyl (C=O) groups is 2. The zero-order valence-corrected chi connectivity index (χ0v) is 12.4. The average Bonchev–Trinajstić information content (AvgIpc) is 2.53. The van der Waals surface area contributed by atoms with Crippen LogP contribution in [0.25, 0.3) is 0 Å². The van der Waals surface area contributed by atoms with E-state index in [1.165, 1.54) is 5.56 Å². The molecule has 0 saturated carbocycles. The SMILES string of the molecule is CC(C)c1ccc(CNC(=O)c2cnc(C(=O)O)cn2)cc1. The summed E-state index contributed by atoms with van der Waals surface area (Å²) < 4.78 is 0. The minimum Gasteiger partial charge on any atom is -0.476 e. The lowest BCUT2D eigenvalue weighted by Crippen LogP contribution is -2.24. The first-order valence-electron chi connectivity index (χ1n) is 6.89. The van der Waals surface area contributed by atoms with Crippen molar-refractivity contribution in [2.45, 2.75) is 26.3 Å². The molecule has 1 aromatic heterocycles. The molecule has 0 fully saturated rings. The van der Waals surface area contributed by atoms with Crippen LogP contribution in [0.4, 0.5) is 0 Å². The molecule has 0 aliphatic heterocycles. The van der Waals surface area contributed by atoms with Gasteiger partial charge in [-0.25, -0.2) is 14.8 Å². The summed E-state index contributed by atoms with van der Waals surface area (Å²) in [6, 6.07) is 8.00. The van der Waals surface area contributed by atoms with Crippen molar-refractivity contribution < 1.29 is 14.7 Å². The van der Waals surface area contributed by atoms with E-state index in [1.807, 2.05) is 24.3 Å². The van der Waals surface area contributed by atoms with Crippen LogP contribution in [0.15, 0.2) is 36.7 Å². The van der Waals surface area contributed by atoms with Crippen LogP contribution < -0.4 is 5.32 Å². The largest absolute Gasteiger partial charge is 0.476 e. The number of carboxylic acid groups (broad SMARTS) is 1. The maximum atomic E-state index is 11.9. The van der Waals surface area contributed by atoms with Crippen molar-refractivity contribution in [1.29, 1.82) is 0 Å². The Hall–Kier alpha value is -2.76. The minimum atomic E-state index is -1.18. The fraction of sp³-hybridized carbons (Fsp3) is 0.250. The van der Waals surface area contributed by atoms with Gasteiger partial charge in [-0.15, -0.1) is 0 Å². The highest BCUT2D eigenvalue weighted by atomic mass is 16.4. The number of benzene rings is 1. The zero-order chi connectivity index (χ0) is 16.1.